The van der Waals surface area contributed by atoms with Crippen molar-refractivity contribution in [1.82, 2.24) is 14.9 Å². The minimum atomic E-state index is -3.31. The summed E-state index contributed by atoms with van der Waals surface area (Å²) in [5, 5.41) is 2.81. The zero-order valence-electron chi connectivity index (χ0n) is 11.9. The second-order valence-corrected chi connectivity index (χ2v) is 7.86. The van der Waals surface area contributed by atoms with Crippen LogP contribution in [0.3, 0.4) is 0 Å². The molecule has 2 rings (SSSR count). The molecule has 1 aromatic heterocycles. The molecule has 112 valence electrons. The summed E-state index contributed by atoms with van der Waals surface area (Å²) in [6, 6.07) is -0.0153. The van der Waals surface area contributed by atoms with Crippen LogP contribution in [0, 0.1) is 5.92 Å². The van der Waals surface area contributed by atoms with Gasteiger partial charge in [0.25, 0.3) is 0 Å². The number of hydrogen-bond acceptors (Lipinski definition) is 4. The number of amides is 1. The van der Waals surface area contributed by atoms with Crippen LogP contribution in [0.2, 0.25) is 0 Å². The highest BCUT2D eigenvalue weighted by Crippen LogP contribution is 2.13. The summed E-state index contributed by atoms with van der Waals surface area (Å²) in [5.74, 6) is 0.285. The normalized spacial score (nSPS) is 18.9. The average Bonchev–Trinajstić information content (AvgIpc) is 2.72. The number of nitrogens with zero attached hydrogens (tertiary/aromatic N) is 2. The van der Waals surface area contributed by atoms with Crippen molar-refractivity contribution in [2.45, 2.75) is 39.3 Å². The highest BCUT2D eigenvalue weighted by Gasteiger charge is 2.23. The number of sulfone groups is 1. The van der Waals surface area contributed by atoms with E-state index < -0.39 is 21.5 Å². The third kappa shape index (κ3) is 4.06. The Bertz CT molecular complexity index is 577. The van der Waals surface area contributed by atoms with Crippen molar-refractivity contribution in [3.63, 3.8) is 0 Å². The van der Waals surface area contributed by atoms with Gasteiger partial charge in [-0.15, -0.1) is 0 Å². The first-order valence-corrected chi connectivity index (χ1v) is 8.67. The van der Waals surface area contributed by atoms with E-state index in [1.165, 1.54) is 0 Å². The molecule has 1 N–H and O–H groups in total. The second-order valence-electron chi connectivity index (χ2n) is 5.75. The maximum absolute atomic E-state index is 11.8. The van der Waals surface area contributed by atoms with Crippen molar-refractivity contribution in [2.75, 3.05) is 11.5 Å². The Labute approximate surface area is 119 Å². The van der Waals surface area contributed by atoms with Gasteiger partial charge in [0.1, 0.15) is 11.6 Å². The van der Waals surface area contributed by atoms with E-state index in [9.17, 15) is 13.2 Å². The molecule has 0 fully saturated rings. The third-order valence-electron chi connectivity index (χ3n) is 3.24. The van der Waals surface area contributed by atoms with Crippen LogP contribution < -0.4 is 5.32 Å². The molecule has 1 atom stereocenters. The molecule has 1 unspecified atom stereocenters. The first kappa shape index (κ1) is 15.0. The number of aryl methyl sites for hydroxylation is 1. The highest BCUT2D eigenvalue weighted by molar-refractivity contribution is 7.92. The fourth-order valence-corrected chi connectivity index (χ4v) is 4.14. The van der Waals surface area contributed by atoms with Gasteiger partial charge in [-0.1, -0.05) is 13.8 Å². The predicted molar refractivity (Wildman–Crippen MR) is 76.0 cm³/mol. The monoisotopic (exact) mass is 299 g/mol. The maximum Gasteiger partial charge on any atom is 0.235 e. The Balaban J connectivity index is 1.87. The molecule has 0 saturated carbocycles. The van der Waals surface area contributed by atoms with E-state index in [1.807, 2.05) is 24.6 Å². The van der Waals surface area contributed by atoms with Gasteiger partial charge in [-0.05, 0) is 12.3 Å². The fraction of sp³-hybridized carbons (Fsp3) is 0.692. The number of carbonyl (C=O) groups is 1. The first-order chi connectivity index (χ1) is 9.35. The Morgan fingerprint density at radius 1 is 1.55 bits per heavy atom. The van der Waals surface area contributed by atoms with Gasteiger partial charge in [0, 0.05) is 31.4 Å². The highest BCUT2D eigenvalue weighted by atomic mass is 32.2. The first-order valence-electron chi connectivity index (χ1n) is 6.85. The second kappa shape index (κ2) is 5.95. The Kier molecular flexibility index (Phi) is 4.47. The van der Waals surface area contributed by atoms with Crippen molar-refractivity contribution >= 4 is 15.7 Å². The van der Waals surface area contributed by atoms with E-state index in [2.05, 4.69) is 10.3 Å². The topological polar surface area (TPSA) is 81.1 Å². The molecule has 0 bridgehead atoms. The summed E-state index contributed by atoms with van der Waals surface area (Å²) in [4.78, 5) is 16.1. The largest absolute Gasteiger partial charge is 0.351 e. The van der Waals surface area contributed by atoms with Crippen molar-refractivity contribution in [2.24, 2.45) is 5.92 Å². The van der Waals surface area contributed by atoms with Crippen molar-refractivity contribution in [3.8, 4) is 0 Å². The van der Waals surface area contributed by atoms with Crippen LogP contribution in [-0.2, 0) is 27.6 Å². The number of hydrogen-bond donors (Lipinski definition) is 1. The molecule has 0 aromatic carbocycles. The molecule has 1 aliphatic rings. The number of aromatic nitrogens is 2. The van der Waals surface area contributed by atoms with Crippen molar-refractivity contribution in [3.05, 3.63) is 18.2 Å². The van der Waals surface area contributed by atoms with Crippen LogP contribution in [0.5, 0.6) is 0 Å². The lowest BCUT2D eigenvalue weighted by Crippen LogP contribution is -2.43. The van der Waals surface area contributed by atoms with Crippen LogP contribution in [0.1, 0.15) is 26.1 Å². The summed E-state index contributed by atoms with van der Waals surface area (Å²) < 4.78 is 25.5. The molecule has 6 nitrogen and oxygen atoms in total. The lowest BCUT2D eigenvalue weighted by molar-refractivity contribution is -0.119. The lowest BCUT2D eigenvalue weighted by Gasteiger charge is -2.24. The molecule has 2 heterocycles. The minimum Gasteiger partial charge on any atom is -0.351 e. The number of nitrogens with one attached hydrogen (secondary N) is 1. The Morgan fingerprint density at radius 3 is 3.00 bits per heavy atom. The predicted octanol–water partition coefficient (Wildman–Crippen LogP) is 0.385. The van der Waals surface area contributed by atoms with Crippen LogP contribution in [0.25, 0.3) is 0 Å². The third-order valence-corrected chi connectivity index (χ3v) is 5.12. The van der Waals surface area contributed by atoms with E-state index in [4.69, 9.17) is 0 Å². The van der Waals surface area contributed by atoms with E-state index in [-0.39, 0.29) is 17.7 Å². The summed E-state index contributed by atoms with van der Waals surface area (Å²) in [6.07, 6.45) is 5.22. The molecule has 7 heteroatoms. The Morgan fingerprint density at radius 2 is 2.30 bits per heavy atom. The molecule has 1 aromatic rings. The maximum atomic E-state index is 11.8. The van der Waals surface area contributed by atoms with E-state index in [1.54, 1.807) is 6.20 Å². The summed E-state index contributed by atoms with van der Waals surface area (Å²) in [7, 11) is -3.31. The lowest BCUT2D eigenvalue weighted by atomic mass is 10.1. The average molecular weight is 299 g/mol. The smallest absolute Gasteiger partial charge is 0.235 e. The SMILES string of the molecule is CC(C)CS(=O)(=O)CC(=O)NC1CCc2nccn2C1. The molecular formula is C13H21N3O3S. The van der Waals surface area contributed by atoms with E-state index in [0.717, 1.165) is 18.7 Å². The molecule has 1 amide bonds. The van der Waals surface area contributed by atoms with Crippen molar-refractivity contribution in [1.29, 1.82) is 0 Å². The molecule has 0 saturated heterocycles. The number of carbonyl (C=O) groups excluding carboxylic acids is 1. The molecule has 20 heavy (non-hydrogen) atoms. The van der Waals surface area contributed by atoms with Gasteiger partial charge < -0.3 is 9.88 Å². The van der Waals surface area contributed by atoms with Gasteiger partial charge in [-0.2, -0.15) is 0 Å². The van der Waals surface area contributed by atoms with Crippen LogP contribution >= 0.6 is 0 Å². The van der Waals surface area contributed by atoms with Crippen LogP contribution in [0.15, 0.2) is 12.4 Å². The van der Waals surface area contributed by atoms with Crippen LogP contribution in [-0.4, -0.2) is 41.4 Å². The summed E-state index contributed by atoms with van der Waals surface area (Å²) >= 11 is 0. The summed E-state index contributed by atoms with van der Waals surface area (Å²) in [5.41, 5.74) is 0. The van der Waals surface area contributed by atoms with Crippen molar-refractivity contribution < 1.29 is 13.2 Å². The molecule has 0 spiro atoms. The minimum absolute atomic E-state index is 0.0153. The fourth-order valence-electron chi connectivity index (χ4n) is 2.52. The zero-order chi connectivity index (χ0) is 14.8. The van der Waals surface area contributed by atoms with Crippen LogP contribution in [0.4, 0.5) is 0 Å². The van der Waals surface area contributed by atoms with Gasteiger partial charge in [-0.25, -0.2) is 13.4 Å². The van der Waals surface area contributed by atoms with Gasteiger partial charge in [0.15, 0.2) is 9.84 Å². The van der Waals surface area contributed by atoms with E-state index in [0.29, 0.717) is 6.54 Å². The Hall–Kier alpha value is -1.37. The number of fused-ring (bicyclic) bond motifs is 1. The summed E-state index contributed by atoms with van der Waals surface area (Å²) in [6.45, 7) is 4.32. The zero-order valence-corrected chi connectivity index (χ0v) is 12.7. The van der Waals surface area contributed by atoms with Gasteiger partial charge >= 0.3 is 0 Å². The van der Waals surface area contributed by atoms with E-state index >= 15 is 0 Å². The van der Waals surface area contributed by atoms with Gasteiger partial charge in [0.05, 0.1) is 5.75 Å². The number of imidazole rings is 1. The molecule has 1 aliphatic heterocycles. The molecule has 0 radical (unpaired) electrons. The van der Waals surface area contributed by atoms with Gasteiger partial charge in [0.2, 0.25) is 5.91 Å². The molecular weight excluding hydrogens is 278 g/mol. The van der Waals surface area contributed by atoms with Gasteiger partial charge in [-0.3, -0.25) is 4.79 Å². The number of rotatable bonds is 5. The standard InChI is InChI=1S/C13H21N3O3S/c1-10(2)8-20(18,19)9-13(17)15-11-3-4-12-14-5-6-16(12)7-11/h5-6,10-11H,3-4,7-9H2,1-2H3,(H,15,17). The quantitative estimate of drug-likeness (QED) is 0.852. The molecule has 0 aliphatic carbocycles.